The minimum absolute atomic E-state index is 0.975. The van der Waals surface area contributed by atoms with Crippen LogP contribution in [-0.4, -0.2) is 7.11 Å². The van der Waals surface area contributed by atoms with Gasteiger partial charge in [-0.2, -0.15) is 0 Å². The Hall–Kier alpha value is -1.24. The lowest BCUT2D eigenvalue weighted by molar-refractivity contribution is 0.411. The molecule has 0 amide bonds. The minimum Gasteiger partial charge on any atom is -0.496 e. The molecular weight excluding hydrogens is 184 g/mol. The van der Waals surface area contributed by atoms with E-state index in [-0.39, 0.29) is 0 Å². The molecule has 0 unspecified atom stereocenters. The highest BCUT2D eigenvalue weighted by Gasteiger charge is 2.07. The zero-order valence-corrected chi connectivity index (χ0v) is 10.1. The van der Waals surface area contributed by atoms with E-state index < -0.39 is 0 Å². The van der Waals surface area contributed by atoms with Gasteiger partial charge in [-0.05, 0) is 43.0 Å². The predicted molar refractivity (Wildman–Crippen MR) is 66.3 cm³/mol. The second kappa shape index (κ2) is 5.59. The van der Waals surface area contributed by atoms with Gasteiger partial charge in [-0.25, -0.2) is 0 Å². The Balaban J connectivity index is 3.13. The van der Waals surface area contributed by atoms with Crippen molar-refractivity contribution in [3.8, 4) is 5.75 Å². The van der Waals surface area contributed by atoms with Crippen LogP contribution in [0.4, 0.5) is 0 Å². The van der Waals surface area contributed by atoms with Gasteiger partial charge in [-0.1, -0.05) is 31.6 Å². The first-order valence-corrected chi connectivity index (χ1v) is 5.53. The highest BCUT2D eigenvalue weighted by Crippen LogP contribution is 2.28. The average molecular weight is 204 g/mol. The fourth-order valence-electron chi connectivity index (χ4n) is 1.89. The number of hydrogen-bond acceptors (Lipinski definition) is 1. The molecule has 0 spiro atoms. The number of hydrogen-bond donors (Lipinski definition) is 0. The van der Waals surface area contributed by atoms with Crippen LogP contribution in [0.5, 0.6) is 5.75 Å². The first-order chi connectivity index (χ1) is 7.24. The maximum Gasteiger partial charge on any atom is 0.122 e. The lowest BCUT2D eigenvalue weighted by Crippen LogP contribution is -1.93. The molecule has 0 atom stereocenters. The molecule has 1 aromatic carbocycles. The third kappa shape index (κ3) is 2.62. The van der Waals surface area contributed by atoms with Gasteiger partial charge in [0.2, 0.25) is 0 Å². The monoisotopic (exact) mass is 204 g/mol. The lowest BCUT2D eigenvalue weighted by Gasteiger charge is -2.12. The molecule has 1 rings (SSSR count). The van der Waals surface area contributed by atoms with Gasteiger partial charge in [0.05, 0.1) is 7.11 Å². The summed E-state index contributed by atoms with van der Waals surface area (Å²) in [6.07, 6.45) is 4.51. The summed E-state index contributed by atoms with van der Waals surface area (Å²) in [5.74, 6) is 0.975. The van der Waals surface area contributed by atoms with Crippen molar-refractivity contribution in [1.29, 1.82) is 0 Å². The molecule has 15 heavy (non-hydrogen) atoms. The van der Waals surface area contributed by atoms with Crippen molar-refractivity contribution in [1.82, 2.24) is 0 Å². The molecule has 0 aliphatic carbocycles. The second-order valence-electron chi connectivity index (χ2n) is 3.70. The molecule has 1 nitrogen and oxygen atoms in total. The Morgan fingerprint density at radius 2 is 2.13 bits per heavy atom. The van der Waals surface area contributed by atoms with Crippen LogP contribution >= 0.6 is 0 Å². The van der Waals surface area contributed by atoms with E-state index in [2.05, 4.69) is 39.0 Å². The van der Waals surface area contributed by atoms with Crippen LogP contribution in [0.2, 0.25) is 0 Å². The van der Waals surface area contributed by atoms with Crippen molar-refractivity contribution < 1.29 is 4.74 Å². The summed E-state index contributed by atoms with van der Waals surface area (Å²) >= 11 is 0. The van der Waals surface area contributed by atoms with E-state index in [0.717, 1.165) is 12.2 Å². The van der Waals surface area contributed by atoms with Crippen LogP contribution in [0.25, 0.3) is 5.57 Å². The van der Waals surface area contributed by atoms with E-state index >= 15 is 0 Å². The fraction of sp³-hybridized carbons (Fsp3) is 0.429. The van der Waals surface area contributed by atoms with Crippen LogP contribution in [-0.2, 0) is 0 Å². The topological polar surface area (TPSA) is 9.23 Å². The zero-order valence-electron chi connectivity index (χ0n) is 10.1. The molecule has 0 saturated heterocycles. The quantitative estimate of drug-likeness (QED) is 0.714. The van der Waals surface area contributed by atoms with Crippen LogP contribution in [0.1, 0.15) is 37.8 Å². The molecule has 0 heterocycles. The Morgan fingerprint density at radius 3 is 2.67 bits per heavy atom. The third-order valence-electron chi connectivity index (χ3n) is 2.72. The fourth-order valence-corrected chi connectivity index (χ4v) is 1.89. The zero-order chi connectivity index (χ0) is 11.3. The molecule has 0 saturated carbocycles. The van der Waals surface area contributed by atoms with Crippen LogP contribution in [0.15, 0.2) is 24.3 Å². The van der Waals surface area contributed by atoms with Crippen molar-refractivity contribution in [2.24, 2.45) is 0 Å². The van der Waals surface area contributed by atoms with Gasteiger partial charge in [0, 0.05) is 0 Å². The van der Waals surface area contributed by atoms with Crippen LogP contribution in [0.3, 0.4) is 0 Å². The van der Waals surface area contributed by atoms with Crippen LogP contribution in [0, 0.1) is 6.92 Å². The molecule has 0 bridgehead atoms. The van der Waals surface area contributed by atoms with Gasteiger partial charge in [-0.15, -0.1) is 0 Å². The maximum absolute atomic E-state index is 5.33. The highest BCUT2D eigenvalue weighted by atomic mass is 16.5. The highest BCUT2D eigenvalue weighted by molar-refractivity contribution is 5.69. The SMILES string of the molecule is C/C=C(/CCC)c1cccc(OC)c1C. The minimum atomic E-state index is 0.975. The number of methoxy groups -OCH3 is 1. The Kier molecular flexibility index (Phi) is 4.41. The van der Waals surface area contributed by atoms with Crippen molar-refractivity contribution >= 4 is 5.57 Å². The number of allylic oxidation sites excluding steroid dienone is 2. The molecule has 0 aliphatic rings. The van der Waals surface area contributed by atoms with E-state index in [4.69, 9.17) is 4.74 Å². The van der Waals surface area contributed by atoms with Crippen molar-refractivity contribution in [2.45, 2.75) is 33.6 Å². The van der Waals surface area contributed by atoms with Gasteiger partial charge < -0.3 is 4.74 Å². The summed E-state index contributed by atoms with van der Waals surface area (Å²) in [5.41, 5.74) is 3.97. The molecule has 1 aromatic rings. The number of rotatable bonds is 4. The maximum atomic E-state index is 5.33. The Morgan fingerprint density at radius 1 is 1.40 bits per heavy atom. The van der Waals surface area contributed by atoms with E-state index in [0.29, 0.717) is 0 Å². The summed E-state index contributed by atoms with van der Waals surface area (Å²) < 4.78 is 5.33. The van der Waals surface area contributed by atoms with Crippen LogP contribution < -0.4 is 4.74 Å². The molecule has 1 heteroatoms. The first-order valence-electron chi connectivity index (χ1n) is 5.53. The lowest BCUT2D eigenvalue weighted by atomic mass is 9.96. The van der Waals surface area contributed by atoms with Crippen molar-refractivity contribution in [3.05, 3.63) is 35.4 Å². The molecular formula is C14H20O. The van der Waals surface area contributed by atoms with Gasteiger partial charge in [0.1, 0.15) is 5.75 Å². The van der Waals surface area contributed by atoms with Gasteiger partial charge >= 0.3 is 0 Å². The van der Waals surface area contributed by atoms with Gasteiger partial charge in [-0.3, -0.25) is 0 Å². The van der Waals surface area contributed by atoms with E-state index in [9.17, 15) is 0 Å². The summed E-state index contributed by atoms with van der Waals surface area (Å²) in [4.78, 5) is 0. The molecule has 0 radical (unpaired) electrons. The summed E-state index contributed by atoms with van der Waals surface area (Å²) in [7, 11) is 1.72. The second-order valence-corrected chi connectivity index (χ2v) is 3.70. The number of ether oxygens (including phenoxy) is 1. The Bertz CT molecular complexity index is 350. The van der Waals surface area contributed by atoms with E-state index in [1.807, 2.05) is 6.07 Å². The molecule has 0 fully saturated rings. The number of benzene rings is 1. The van der Waals surface area contributed by atoms with E-state index in [1.165, 1.54) is 23.1 Å². The first kappa shape index (κ1) is 11.8. The largest absolute Gasteiger partial charge is 0.496 e. The molecule has 0 N–H and O–H groups in total. The standard InChI is InChI=1S/C14H20O/c1-5-8-12(6-2)13-9-7-10-14(15-4)11(13)3/h6-7,9-10H,5,8H2,1-4H3/b12-6-. The van der Waals surface area contributed by atoms with E-state index in [1.54, 1.807) is 7.11 Å². The van der Waals surface area contributed by atoms with Gasteiger partial charge in [0.15, 0.2) is 0 Å². The Labute approximate surface area is 92.8 Å². The predicted octanol–water partition coefficient (Wildman–Crippen LogP) is 4.21. The molecule has 82 valence electrons. The molecule has 0 aliphatic heterocycles. The summed E-state index contributed by atoms with van der Waals surface area (Å²) in [6, 6.07) is 6.24. The average Bonchev–Trinajstić information content (AvgIpc) is 2.27. The normalized spacial score (nSPS) is 11.6. The van der Waals surface area contributed by atoms with Crippen molar-refractivity contribution in [2.75, 3.05) is 7.11 Å². The smallest absolute Gasteiger partial charge is 0.122 e. The summed E-state index contributed by atoms with van der Waals surface area (Å²) in [5, 5.41) is 0. The molecule has 0 aromatic heterocycles. The van der Waals surface area contributed by atoms with Gasteiger partial charge in [0.25, 0.3) is 0 Å². The summed E-state index contributed by atoms with van der Waals surface area (Å²) in [6.45, 7) is 6.43. The van der Waals surface area contributed by atoms with Crippen molar-refractivity contribution in [3.63, 3.8) is 0 Å². The third-order valence-corrected chi connectivity index (χ3v) is 2.72.